The van der Waals surface area contributed by atoms with E-state index in [0.29, 0.717) is 26.1 Å². The highest BCUT2D eigenvalue weighted by atomic mass is 16.4. The predicted molar refractivity (Wildman–Crippen MR) is 71.5 cm³/mol. The number of hydrogen-bond acceptors (Lipinski definition) is 3. The van der Waals surface area contributed by atoms with Gasteiger partial charge in [-0.3, -0.25) is 9.59 Å². The average Bonchev–Trinajstić information content (AvgIpc) is 2.70. The molecule has 2 fully saturated rings. The molecule has 1 saturated carbocycles. The summed E-state index contributed by atoms with van der Waals surface area (Å²) in [6, 6.07) is 0. The number of rotatable bonds is 5. The van der Waals surface area contributed by atoms with Crippen molar-refractivity contribution in [2.75, 3.05) is 19.6 Å². The molecule has 0 bridgehead atoms. The van der Waals surface area contributed by atoms with Gasteiger partial charge in [-0.05, 0) is 30.7 Å². The molecule has 1 aliphatic carbocycles. The monoisotopic (exact) mass is 268 g/mol. The Kier molecular flexibility index (Phi) is 4.45. The van der Waals surface area contributed by atoms with Crippen molar-refractivity contribution in [2.45, 2.75) is 44.9 Å². The molecule has 5 nitrogen and oxygen atoms in total. The molecule has 0 aromatic carbocycles. The summed E-state index contributed by atoms with van der Waals surface area (Å²) in [4.78, 5) is 24.9. The van der Waals surface area contributed by atoms with Gasteiger partial charge < -0.3 is 15.7 Å². The van der Waals surface area contributed by atoms with Crippen molar-refractivity contribution in [3.8, 4) is 0 Å². The zero-order valence-corrected chi connectivity index (χ0v) is 11.4. The number of nitrogens with two attached hydrogens (primary N) is 1. The predicted octanol–water partition coefficient (Wildman–Crippen LogP) is 1.22. The molecular weight excluding hydrogens is 244 g/mol. The van der Waals surface area contributed by atoms with Crippen LogP contribution in [0.15, 0.2) is 0 Å². The van der Waals surface area contributed by atoms with Gasteiger partial charge in [-0.1, -0.05) is 19.3 Å². The van der Waals surface area contributed by atoms with Crippen LogP contribution in [0.3, 0.4) is 0 Å². The van der Waals surface area contributed by atoms with Crippen LogP contribution in [0.4, 0.5) is 0 Å². The van der Waals surface area contributed by atoms with E-state index in [2.05, 4.69) is 0 Å². The van der Waals surface area contributed by atoms with Gasteiger partial charge in [-0.2, -0.15) is 0 Å². The fraction of sp³-hybridized carbons (Fsp3) is 0.857. The third kappa shape index (κ3) is 3.47. The van der Waals surface area contributed by atoms with Crippen LogP contribution in [0.2, 0.25) is 0 Å². The molecule has 1 heterocycles. The Bertz CT molecular complexity index is 351. The van der Waals surface area contributed by atoms with Crippen LogP contribution in [0, 0.1) is 11.3 Å². The molecule has 0 aromatic heterocycles. The van der Waals surface area contributed by atoms with E-state index in [1.54, 1.807) is 0 Å². The van der Waals surface area contributed by atoms with E-state index in [-0.39, 0.29) is 23.7 Å². The maximum Gasteiger partial charge on any atom is 0.303 e. The number of carbonyl (C=O) groups is 2. The molecule has 1 unspecified atom stereocenters. The van der Waals surface area contributed by atoms with E-state index in [1.165, 1.54) is 6.42 Å². The zero-order chi connectivity index (χ0) is 13.9. The summed E-state index contributed by atoms with van der Waals surface area (Å²) in [6.45, 7) is 1.85. The van der Waals surface area contributed by atoms with Crippen LogP contribution < -0.4 is 5.73 Å². The Balaban J connectivity index is 2.03. The van der Waals surface area contributed by atoms with E-state index in [4.69, 9.17) is 10.8 Å². The van der Waals surface area contributed by atoms with Crippen molar-refractivity contribution in [1.29, 1.82) is 0 Å². The topological polar surface area (TPSA) is 83.6 Å². The minimum Gasteiger partial charge on any atom is -0.481 e. The van der Waals surface area contributed by atoms with Gasteiger partial charge >= 0.3 is 5.97 Å². The number of likely N-dealkylation sites (tertiary alicyclic amines) is 1. The van der Waals surface area contributed by atoms with Crippen molar-refractivity contribution in [2.24, 2.45) is 17.1 Å². The first-order chi connectivity index (χ1) is 9.04. The van der Waals surface area contributed by atoms with Crippen molar-refractivity contribution < 1.29 is 14.7 Å². The normalized spacial score (nSPS) is 26.7. The Hall–Kier alpha value is -1.10. The molecule has 1 saturated heterocycles. The standard InChI is InChI=1S/C14H24N2O3/c15-8-11-6-12(17)16(9-11)10-14(7-13(18)19)4-2-1-3-5-14/h11H,1-10,15H2,(H,18,19). The van der Waals surface area contributed by atoms with Crippen molar-refractivity contribution in [3.05, 3.63) is 0 Å². The molecule has 1 atom stereocenters. The van der Waals surface area contributed by atoms with E-state index in [9.17, 15) is 9.59 Å². The molecule has 108 valence electrons. The second kappa shape index (κ2) is 5.90. The van der Waals surface area contributed by atoms with Crippen molar-refractivity contribution in [1.82, 2.24) is 4.90 Å². The maximum atomic E-state index is 12.0. The van der Waals surface area contributed by atoms with E-state index in [0.717, 1.165) is 25.7 Å². The van der Waals surface area contributed by atoms with Gasteiger partial charge in [0.15, 0.2) is 0 Å². The summed E-state index contributed by atoms with van der Waals surface area (Å²) in [5, 5.41) is 9.15. The lowest BCUT2D eigenvalue weighted by molar-refractivity contribution is -0.142. The second-order valence-electron chi connectivity index (χ2n) is 6.21. The van der Waals surface area contributed by atoms with Crippen LogP contribution in [-0.2, 0) is 9.59 Å². The fourth-order valence-electron chi connectivity index (χ4n) is 3.58. The maximum absolute atomic E-state index is 12.0. The SMILES string of the molecule is NCC1CC(=O)N(CC2(CC(=O)O)CCCCC2)C1. The van der Waals surface area contributed by atoms with Crippen LogP contribution in [0.5, 0.6) is 0 Å². The molecule has 3 N–H and O–H groups in total. The summed E-state index contributed by atoms with van der Waals surface area (Å²) in [6.07, 6.45) is 5.91. The quantitative estimate of drug-likeness (QED) is 0.785. The number of aliphatic carboxylic acids is 1. The summed E-state index contributed by atoms with van der Waals surface area (Å²) >= 11 is 0. The smallest absolute Gasteiger partial charge is 0.303 e. The van der Waals surface area contributed by atoms with Gasteiger partial charge in [0.25, 0.3) is 0 Å². The number of carboxylic acids is 1. The number of carboxylic acid groups (broad SMARTS) is 1. The lowest BCUT2D eigenvalue weighted by Crippen LogP contribution is -2.41. The third-order valence-electron chi connectivity index (χ3n) is 4.59. The number of amides is 1. The highest BCUT2D eigenvalue weighted by Crippen LogP contribution is 2.41. The van der Waals surface area contributed by atoms with Crippen molar-refractivity contribution in [3.63, 3.8) is 0 Å². The summed E-state index contributed by atoms with van der Waals surface area (Å²) in [5.74, 6) is -0.354. The first-order valence-corrected chi connectivity index (χ1v) is 7.24. The van der Waals surface area contributed by atoms with E-state index in [1.807, 2.05) is 4.90 Å². The Morgan fingerprint density at radius 1 is 1.37 bits per heavy atom. The minimum absolute atomic E-state index is 0.144. The Morgan fingerprint density at radius 3 is 2.58 bits per heavy atom. The van der Waals surface area contributed by atoms with Gasteiger partial charge in [-0.25, -0.2) is 0 Å². The number of hydrogen-bond donors (Lipinski definition) is 2. The number of nitrogens with zero attached hydrogens (tertiary/aromatic N) is 1. The van der Waals surface area contributed by atoms with Crippen LogP contribution >= 0.6 is 0 Å². The molecule has 19 heavy (non-hydrogen) atoms. The van der Waals surface area contributed by atoms with Gasteiger partial charge in [0, 0.05) is 19.5 Å². The molecule has 0 spiro atoms. The van der Waals surface area contributed by atoms with Crippen LogP contribution in [-0.4, -0.2) is 41.5 Å². The highest BCUT2D eigenvalue weighted by Gasteiger charge is 2.39. The first kappa shape index (κ1) is 14.3. The van der Waals surface area contributed by atoms with E-state index < -0.39 is 5.97 Å². The lowest BCUT2D eigenvalue weighted by Gasteiger charge is -2.39. The van der Waals surface area contributed by atoms with Gasteiger partial charge in [0.1, 0.15) is 0 Å². The summed E-state index contributed by atoms with van der Waals surface area (Å²) in [7, 11) is 0. The van der Waals surface area contributed by atoms with Crippen molar-refractivity contribution >= 4 is 11.9 Å². The number of carbonyl (C=O) groups excluding carboxylic acids is 1. The average molecular weight is 268 g/mol. The van der Waals surface area contributed by atoms with Gasteiger partial charge in [-0.15, -0.1) is 0 Å². The molecule has 0 aromatic rings. The Morgan fingerprint density at radius 2 is 2.05 bits per heavy atom. The summed E-state index contributed by atoms with van der Waals surface area (Å²) < 4.78 is 0. The fourth-order valence-corrected chi connectivity index (χ4v) is 3.58. The van der Waals surface area contributed by atoms with Gasteiger partial charge in [0.05, 0.1) is 6.42 Å². The molecular formula is C14H24N2O3. The van der Waals surface area contributed by atoms with Crippen LogP contribution in [0.1, 0.15) is 44.9 Å². The second-order valence-corrected chi connectivity index (χ2v) is 6.21. The molecule has 5 heteroatoms. The summed E-state index contributed by atoms with van der Waals surface area (Å²) in [5.41, 5.74) is 5.43. The molecule has 0 radical (unpaired) electrons. The largest absolute Gasteiger partial charge is 0.481 e. The molecule has 2 rings (SSSR count). The zero-order valence-electron chi connectivity index (χ0n) is 11.4. The minimum atomic E-state index is -0.746. The van der Waals surface area contributed by atoms with Gasteiger partial charge in [0.2, 0.25) is 5.91 Å². The molecule has 1 amide bonds. The highest BCUT2D eigenvalue weighted by molar-refractivity contribution is 5.78. The Labute approximate surface area is 114 Å². The van der Waals surface area contributed by atoms with E-state index >= 15 is 0 Å². The molecule has 1 aliphatic heterocycles. The molecule has 2 aliphatic rings. The lowest BCUT2D eigenvalue weighted by atomic mass is 9.71. The van der Waals surface area contributed by atoms with Crippen LogP contribution in [0.25, 0.3) is 0 Å². The third-order valence-corrected chi connectivity index (χ3v) is 4.59. The first-order valence-electron chi connectivity index (χ1n) is 7.24.